The molecule has 4 heterocycles. The van der Waals surface area contributed by atoms with Gasteiger partial charge >= 0.3 is 6.03 Å². The molecule has 0 unspecified atom stereocenters. The third kappa shape index (κ3) is 18.7. The van der Waals surface area contributed by atoms with Crippen LogP contribution in [0.3, 0.4) is 0 Å². The highest BCUT2D eigenvalue weighted by Gasteiger charge is 2.47. The maximum atomic E-state index is 15.2. The number of aliphatic hydroxyl groups excluding tert-OH is 2. The molecule has 6 rings (SSSR count). The summed E-state index contributed by atoms with van der Waals surface area (Å²) in [4.78, 5) is 82.1. The number of rotatable bonds is 31. The Balaban J connectivity index is 0.0000129. The first-order chi connectivity index (χ1) is 39.5. The lowest BCUT2D eigenvalue weighted by Crippen LogP contribution is -2.45. The Bertz CT molecular complexity index is 3190. The fourth-order valence-electron chi connectivity index (χ4n) is 8.91. The second-order valence-electron chi connectivity index (χ2n) is 19.4. The third-order valence-corrected chi connectivity index (χ3v) is 15.6. The number of benzene rings is 2. The Morgan fingerprint density at radius 3 is 2.24 bits per heavy atom. The number of imide groups is 1. The lowest BCUT2D eigenvalue weighted by molar-refractivity contribution is -0.668. The molecule has 26 nitrogen and oxygen atoms in total. The van der Waals surface area contributed by atoms with Crippen molar-refractivity contribution in [3.05, 3.63) is 93.9 Å². The average Bonchev–Trinajstić information content (AvgIpc) is 2.14. The van der Waals surface area contributed by atoms with Crippen molar-refractivity contribution < 1.29 is 80.0 Å². The number of Topliss-reactive ketones (excluding diaryl/α,β-unsaturated/α-hetero) is 1. The molecule has 6 amide bonds. The van der Waals surface area contributed by atoms with E-state index in [9.17, 15) is 47.4 Å². The monoisotopic (exact) mass is 1320 g/mol. The number of nitrogen functional groups attached to an aromatic ring is 1. The normalized spacial score (nSPS) is 17.7. The van der Waals surface area contributed by atoms with Crippen LogP contribution in [-0.2, 0) is 59.7 Å². The van der Waals surface area contributed by atoms with Crippen LogP contribution in [0.5, 0.6) is 5.75 Å². The van der Waals surface area contributed by atoms with Crippen molar-refractivity contribution in [2.75, 3.05) is 76.9 Å². The number of nitrogens with two attached hydrogens (primary N) is 3. The molecule has 12 N–H and O–H groups in total. The number of nitrogens with zero attached hydrogens (tertiary/aromatic N) is 4. The van der Waals surface area contributed by atoms with Crippen molar-refractivity contribution in [2.45, 2.75) is 83.6 Å². The number of ether oxygens (including phenoxy) is 5. The van der Waals surface area contributed by atoms with Crippen LogP contribution < -0.4 is 46.6 Å². The van der Waals surface area contributed by atoms with Crippen molar-refractivity contribution in [1.82, 2.24) is 29.8 Å². The van der Waals surface area contributed by atoms with Crippen LogP contribution in [0.2, 0.25) is 0 Å². The van der Waals surface area contributed by atoms with Gasteiger partial charge in [0.1, 0.15) is 49.8 Å². The molecule has 0 spiro atoms. The summed E-state index contributed by atoms with van der Waals surface area (Å²) in [5, 5.41) is 35.9. The van der Waals surface area contributed by atoms with E-state index in [-0.39, 0.29) is 147 Å². The van der Waals surface area contributed by atoms with E-state index >= 15 is 4.39 Å². The van der Waals surface area contributed by atoms with Gasteiger partial charge in [-0.15, -0.1) is 0 Å². The van der Waals surface area contributed by atoms with E-state index < -0.39 is 88.7 Å². The molecule has 2 aromatic heterocycles. The predicted octanol–water partition coefficient (Wildman–Crippen LogP) is 1.67. The Kier molecular flexibility index (Phi) is 26.1. The minimum Gasteiger partial charge on any atom is -0.492 e. The number of carbonyl (C=O) groups is 6. The van der Waals surface area contributed by atoms with Gasteiger partial charge < -0.3 is 68.7 Å². The molecule has 1 fully saturated rings. The quantitative estimate of drug-likeness (QED) is 0.0114. The highest BCUT2D eigenvalue weighted by atomic mass is 79.9. The molecule has 2 aliphatic rings. The first-order valence-corrected chi connectivity index (χ1v) is 29.4. The summed E-state index contributed by atoms with van der Waals surface area (Å²) in [5.41, 5.74) is 13.3. The largest absolute Gasteiger partial charge is 0.492 e. The van der Waals surface area contributed by atoms with Crippen molar-refractivity contribution in [3.8, 4) is 17.6 Å². The van der Waals surface area contributed by atoms with Gasteiger partial charge in [0.2, 0.25) is 35.8 Å². The summed E-state index contributed by atoms with van der Waals surface area (Å²) >= 11 is 6.15. The van der Waals surface area contributed by atoms with Crippen LogP contribution in [0.25, 0.3) is 11.0 Å². The molecular formula is C54H70Br2FN11O15S. The van der Waals surface area contributed by atoms with Crippen LogP contribution in [0, 0.1) is 36.9 Å². The summed E-state index contributed by atoms with van der Waals surface area (Å²) in [6, 6.07) is 9.28. The van der Waals surface area contributed by atoms with Gasteiger partial charge in [-0.05, 0) is 87.4 Å². The highest BCUT2D eigenvalue weighted by molar-refractivity contribution is 9.14. The number of urea groups is 1. The summed E-state index contributed by atoms with van der Waals surface area (Å²) in [6.45, 7) is 6.27. The topological polar surface area (TPSA) is 374 Å². The third-order valence-electron chi connectivity index (χ3n) is 13.1. The Morgan fingerprint density at radius 1 is 0.952 bits per heavy atom. The molecule has 84 heavy (non-hydrogen) atoms. The molecule has 4 aromatic rings. The molecule has 2 aromatic carbocycles. The van der Waals surface area contributed by atoms with Gasteiger partial charge in [0.25, 0.3) is 22.0 Å². The molecule has 2 aliphatic heterocycles. The standard InChI is InChI=1S/C53H66Br2FN11O15S.CH3/c1-4-81-38-9-5-8-36(56)35(38)15-12-33-28-67(52-46(71)45(70)39(82-52)26-62-83(59,76)77)49-41(33)47(57)61-29-65(49)27-31-10-13-34(14-11-31)63-48(72)32(7-6-17-60-53(58)75)25-37(68)44(30(2)3)64-40(69)16-19-78-21-23-80-24-22-79-20-18-66-50(73)42(54)43(55)51(66)74;/h5,8-11,13-14,28-30,32,39,44-46,52,57,62,70-71H,4,6-7,16-27H2,1-3H3,(H7,58,59,60,63,64,69,72,75,76,77);1H3/q;-1/p+1/t32-,39-,44+,45-,46-,52-;/m1./s1. The van der Waals surface area contributed by atoms with Crippen molar-refractivity contribution >= 4 is 100 Å². The summed E-state index contributed by atoms with van der Waals surface area (Å²) < 4.78 is 72.3. The van der Waals surface area contributed by atoms with Crippen molar-refractivity contribution in [3.63, 3.8) is 0 Å². The maximum absolute atomic E-state index is 15.2. The van der Waals surface area contributed by atoms with E-state index in [0.29, 0.717) is 17.7 Å². The van der Waals surface area contributed by atoms with E-state index in [2.05, 4.69) is 69.4 Å². The lowest BCUT2D eigenvalue weighted by atomic mass is 9.89. The molecular weight excluding hydrogens is 1250 g/mol. The number of primary amides is 1. The SMILES string of the molecule is CCOc1cccc(F)c1C#Cc1cn([C@@H]2O[C@H](CNS(N)(=O)=O)[C@@H](O)[C@H]2O)c2c1c(N)nc[n+]2Cc1ccc(NC(=O)[C@H](CCCNC(N)=O)CC(=O)[C@@H](NC(=O)CCOCCOCCOCCN2C(=O)C(Br)=C(Br)C2=O)C(C)C)cc1.[CH3-]. The maximum Gasteiger partial charge on any atom is 0.312 e. The lowest BCUT2D eigenvalue weighted by Gasteiger charge is -2.24. The minimum atomic E-state index is -4.21. The number of ketones is 1. The number of aromatic nitrogens is 3. The number of fused-ring (bicyclic) bond motifs is 1. The average molecular weight is 1320 g/mol. The van der Waals surface area contributed by atoms with Gasteiger partial charge in [0.15, 0.2) is 5.78 Å². The van der Waals surface area contributed by atoms with Crippen LogP contribution in [0.15, 0.2) is 64.0 Å². The van der Waals surface area contributed by atoms with Gasteiger partial charge in [0, 0.05) is 37.5 Å². The second-order valence-corrected chi connectivity index (χ2v) is 22.4. The van der Waals surface area contributed by atoms with Crippen LogP contribution >= 0.6 is 31.9 Å². The molecule has 458 valence electrons. The fraction of sp³-hybridized carbons (Fsp3) is 0.463. The summed E-state index contributed by atoms with van der Waals surface area (Å²) in [5.74, 6) is 1.85. The molecule has 0 aliphatic carbocycles. The Morgan fingerprint density at radius 2 is 1.61 bits per heavy atom. The Labute approximate surface area is 502 Å². The van der Waals surface area contributed by atoms with Crippen molar-refractivity contribution in [1.29, 1.82) is 0 Å². The van der Waals surface area contributed by atoms with Gasteiger partial charge in [0.05, 0.1) is 77.1 Å². The van der Waals surface area contributed by atoms with Crippen LogP contribution in [0.1, 0.15) is 69.4 Å². The molecule has 1 saturated heterocycles. The van der Waals surface area contributed by atoms with Crippen LogP contribution in [-0.4, -0.2) is 159 Å². The fourth-order valence-corrected chi connectivity index (χ4v) is 10.1. The van der Waals surface area contributed by atoms with Crippen LogP contribution in [0.4, 0.5) is 20.7 Å². The number of hydrogen-bond acceptors (Lipinski definition) is 17. The number of amides is 6. The zero-order valence-corrected chi connectivity index (χ0v) is 50.6. The van der Waals surface area contributed by atoms with E-state index in [1.165, 1.54) is 29.2 Å². The zero-order chi connectivity index (χ0) is 60.5. The van der Waals surface area contributed by atoms with E-state index in [1.807, 2.05) is 0 Å². The number of hydrogen-bond donors (Lipinski definition) is 9. The van der Waals surface area contributed by atoms with E-state index in [0.717, 1.165) is 4.90 Å². The second kappa shape index (κ2) is 32.1. The first-order valence-electron chi connectivity index (χ1n) is 26.3. The number of halogens is 3. The van der Waals surface area contributed by atoms with Gasteiger partial charge in [-0.2, -0.15) is 13.1 Å². The van der Waals surface area contributed by atoms with Gasteiger partial charge in [-0.3, -0.25) is 28.9 Å². The van der Waals surface area contributed by atoms with Gasteiger partial charge in [-0.1, -0.05) is 48.9 Å². The summed E-state index contributed by atoms with van der Waals surface area (Å²) in [6.07, 6.45) is -2.77. The van der Waals surface area contributed by atoms with E-state index in [4.69, 9.17) is 40.3 Å². The molecule has 0 bridgehead atoms. The predicted molar refractivity (Wildman–Crippen MR) is 311 cm³/mol. The van der Waals surface area contributed by atoms with Gasteiger partial charge in [-0.25, -0.2) is 23.5 Å². The number of anilines is 2. The number of carbonyl (C=O) groups excluding carboxylic acids is 6. The zero-order valence-electron chi connectivity index (χ0n) is 46.6. The van der Waals surface area contributed by atoms with Crippen molar-refractivity contribution in [2.24, 2.45) is 22.7 Å². The molecule has 30 heteroatoms. The summed E-state index contributed by atoms with van der Waals surface area (Å²) in [7, 11) is -4.21. The number of aliphatic hydroxyl groups is 2. The molecule has 6 atom stereocenters. The van der Waals surface area contributed by atoms with E-state index in [1.54, 1.807) is 55.7 Å². The Hall–Kier alpha value is -6.50. The number of nitrogens with one attached hydrogen (secondary N) is 4. The highest BCUT2D eigenvalue weighted by Crippen LogP contribution is 2.35. The first kappa shape index (κ1) is 68.3. The smallest absolute Gasteiger partial charge is 0.312 e. The molecule has 0 saturated carbocycles. The minimum absolute atomic E-state index is 0. The molecule has 0 radical (unpaired) electrons.